The third-order valence-corrected chi connectivity index (χ3v) is 13.2. The molecular weight excluding hydrogens is 472 g/mol. The second-order valence-electron chi connectivity index (χ2n) is 16.1. The number of hydrogen-bond acceptors (Lipinski definition) is 2. The number of carboxylic acids is 2. The maximum atomic E-state index is 10.9. The Morgan fingerprint density at radius 3 is 1.18 bits per heavy atom. The molecule has 0 aromatic carbocycles. The molecule has 2 N–H and O–H groups in total. The summed E-state index contributed by atoms with van der Waals surface area (Å²) < 4.78 is 0. The van der Waals surface area contributed by atoms with Crippen molar-refractivity contribution in [1.82, 2.24) is 0 Å². The molecule has 0 saturated heterocycles. The maximum Gasteiger partial charge on any atom is 0.303 e. The van der Waals surface area contributed by atoms with Crippen molar-refractivity contribution in [3.63, 3.8) is 0 Å². The first-order chi connectivity index (χ1) is 18.2. The molecule has 0 aliphatic heterocycles. The molecule has 38 heavy (non-hydrogen) atoms. The van der Waals surface area contributed by atoms with Gasteiger partial charge in [0.2, 0.25) is 0 Å². The summed E-state index contributed by atoms with van der Waals surface area (Å²) in [6.07, 6.45) is 30.8. The lowest BCUT2D eigenvalue weighted by atomic mass is 9.31. The first kappa shape index (κ1) is 27.1. The fraction of sp³-hybridized carbons (Fsp3) is 0.941. The molecule has 4 heteroatoms. The van der Waals surface area contributed by atoms with Gasteiger partial charge in [-0.25, -0.2) is 0 Å². The smallest absolute Gasteiger partial charge is 0.303 e. The molecule has 8 aliphatic carbocycles. The van der Waals surface area contributed by atoms with Crippen LogP contribution in [-0.4, -0.2) is 22.2 Å². The Morgan fingerprint density at radius 1 is 0.500 bits per heavy atom. The molecule has 214 valence electrons. The monoisotopic (exact) mass is 526 g/mol. The average molecular weight is 527 g/mol. The highest BCUT2D eigenvalue weighted by Gasteiger charge is 2.69. The second kappa shape index (κ2) is 10.4. The van der Waals surface area contributed by atoms with Gasteiger partial charge >= 0.3 is 11.9 Å². The van der Waals surface area contributed by atoms with Gasteiger partial charge < -0.3 is 10.2 Å². The molecule has 0 amide bonds. The summed E-state index contributed by atoms with van der Waals surface area (Å²) in [5.74, 6) is 2.67. The molecule has 4 atom stereocenters. The van der Waals surface area contributed by atoms with Crippen LogP contribution >= 0.6 is 0 Å². The van der Waals surface area contributed by atoms with Gasteiger partial charge in [-0.2, -0.15) is 0 Å². The van der Waals surface area contributed by atoms with E-state index >= 15 is 0 Å². The van der Waals surface area contributed by atoms with Crippen molar-refractivity contribution < 1.29 is 19.8 Å². The van der Waals surface area contributed by atoms with Crippen molar-refractivity contribution in [1.29, 1.82) is 0 Å². The van der Waals surface area contributed by atoms with Gasteiger partial charge in [-0.15, -0.1) is 0 Å². The zero-order valence-electron chi connectivity index (χ0n) is 24.0. The predicted octanol–water partition coefficient (Wildman–Crippen LogP) is 9.01. The predicted molar refractivity (Wildman–Crippen MR) is 150 cm³/mol. The first-order valence-corrected chi connectivity index (χ1v) is 16.7. The number of aliphatic carboxylic acids is 2. The molecule has 0 radical (unpaired) electrons. The third-order valence-electron chi connectivity index (χ3n) is 13.2. The lowest BCUT2D eigenvalue weighted by molar-refractivity contribution is -0.240. The van der Waals surface area contributed by atoms with Crippen LogP contribution in [0, 0.1) is 45.3 Å². The Morgan fingerprint density at radius 2 is 0.842 bits per heavy atom. The lowest BCUT2D eigenvalue weighted by Crippen LogP contribution is -2.64. The second-order valence-corrected chi connectivity index (χ2v) is 16.1. The summed E-state index contributed by atoms with van der Waals surface area (Å²) in [4.78, 5) is 21.8. The lowest BCUT2D eigenvalue weighted by Gasteiger charge is -2.74. The minimum Gasteiger partial charge on any atom is -0.481 e. The van der Waals surface area contributed by atoms with Crippen LogP contribution in [0.1, 0.15) is 154 Å². The van der Waals surface area contributed by atoms with Crippen molar-refractivity contribution >= 4 is 11.9 Å². The number of rotatable bonds is 15. The molecule has 0 aromatic rings. The van der Waals surface area contributed by atoms with Crippen LogP contribution in [0.3, 0.4) is 0 Å². The Balaban J connectivity index is 1.12. The van der Waals surface area contributed by atoms with Crippen LogP contribution in [0.15, 0.2) is 0 Å². The van der Waals surface area contributed by atoms with Crippen LogP contribution < -0.4 is 0 Å². The van der Waals surface area contributed by atoms with E-state index in [9.17, 15) is 9.59 Å². The number of carboxylic acid groups (broad SMARTS) is 2. The SMILES string of the molecule is O=C(O)CCCCCCC12CC3CC(C1)CC(C14CC5CC(CC(CCCCCCC(=O)O)(C5)C1)C4)(C3)C2. The highest BCUT2D eigenvalue weighted by Crippen LogP contribution is 2.79. The zero-order chi connectivity index (χ0) is 26.4. The number of carbonyl (C=O) groups is 2. The molecule has 8 saturated carbocycles. The summed E-state index contributed by atoms with van der Waals surface area (Å²) in [6, 6.07) is 0. The molecule has 0 spiro atoms. The molecule has 0 heterocycles. The van der Waals surface area contributed by atoms with Gasteiger partial charge in [0.05, 0.1) is 0 Å². The molecule has 4 unspecified atom stereocenters. The average Bonchev–Trinajstić information content (AvgIpc) is 2.81. The van der Waals surface area contributed by atoms with Gasteiger partial charge in [0, 0.05) is 12.8 Å². The Kier molecular flexibility index (Phi) is 7.43. The van der Waals surface area contributed by atoms with Gasteiger partial charge in [-0.3, -0.25) is 9.59 Å². The summed E-state index contributed by atoms with van der Waals surface area (Å²) in [5, 5.41) is 17.9. The topological polar surface area (TPSA) is 74.6 Å². The first-order valence-electron chi connectivity index (χ1n) is 16.7. The van der Waals surface area contributed by atoms with Crippen LogP contribution in [0.5, 0.6) is 0 Å². The van der Waals surface area contributed by atoms with Crippen molar-refractivity contribution in [2.75, 3.05) is 0 Å². The van der Waals surface area contributed by atoms with Crippen molar-refractivity contribution in [3.8, 4) is 0 Å². The fourth-order valence-electron chi connectivity index (χ4n) is 13.0. The van der Waals surface area contributed by atoms with E-state index in [-0.39, 0.29) is 0 Å². The van der Waals surface area contributed by atoms with Gasteiger partial charge in [0.25, 0.3) is 0 Å². The largest absolute Gasteiger partial charge is 0.481 e. The molecule has 8 fully saturated rings. The molecule has 8 bridgehead atoms. The van der Waals surface area contributed by atoms with Crippen LogP contribution in [0.25, 0.3) is 0 Å². The standard InChI is InChI=1S/C34H54O4/c35-29(36)9-5-1-3-7-11-31-15-25-13-26(16-31)20-33(19-25,23-31)34-21-27-14-28(22-34)18-32(17-27,24-34)12-8-4-2-6-10-30(37)38/h25-28H,1-24H2,(H,35,36)(H,37,38). The van der Waals surface area contributed by atoms with Gasteiger partial charge in [0.15, 0.2) is 0 Å². The van der Waals surface area contributed by atoms with E-state index in [0.717, 1.165) is 49.4 Å². The Hall–Kier alpha value is -1.06. The van der Waals surface area contributed by atoms with E-state index in [1.165, 1.54) is 89.9 Å². The zero-order valence-corrected chi connectivity index (χ0v) is 24.0. The normalized spacial score (nSPS) is 44.1. The summed E-state index contributed by atoms with van der Waals surface area (Å²) in [5.41, 5.74) is 2.48. The van der Waals surface area contributed by atoms with E-state index in [4.69, 9.17) is 10.2 Å². The Labute approximate surface area is 231 Å². The van der Waals surface area contributed by atoms with Crippen molar-refractivity contribution in [2.24, 2.45) is 45.3 Å². The van der Waals surface area contributed by atoms with Crippen LogP contribution in [-0.2, 0) is 9.59 Å². The summed E-state index contributed by atoms with van der Waals surface area (Å²) in [6.45, 7) is 0. The van der Waals surface area contributed by atoms with Crippen molar-refractivity contribution in [3.05, 3.63) is 0 Å². The minimum absolute atomic E-state index is 0.341. The number of unbranched alkanes of at least 4 members (excludes halogenated alkanes) is 6. The Bertz CT molecular complexity index is 791. The van der Waals surface area contributed by atoms with Gasteiger partial charge in [-0.05, 0) is 148 Å². The summed E-state index contributed by atoms with van der Waals surface area (Å²) >= 11 is 0. The minimum atomic E-state index is -0.639. The highest BCUT2D eigenvalue weighted by atomic mass is 16.4. The summed E-state index contributed by atoms with van der Waals surface area (Å²) in [7, 11) is 0. The van der Waals surface area contributed by atoms with Crippen LogP contribution in [0.2, 0.25) is 0 Å². The van der Waals surface area contributed by atoms with E-state index in [1.54, 1.807) is 25.7 Å². The number of hydrogen-bond donors (Lipinski definition) is 2. The van der Waals surface area contributed by atoms with Gasteiger partial charge in [0.1, 0.15) is 0 Å². The highest BCUT2D eigenvalue weighted by molar-refractivity contribution is 5.66. The molecule has 8 aliphatic rings. The van der Waals surface area contributed by atoms with Crippen molar-refractivity contribution in [2.45, 2.75) is 154 Å². The quantitative estimate of drug-likeness (QED) is 0.209. The fourth-order valence-corrected chi connectivity index (χ4v) is 13.0. The molecular formula is C34H54O4. The van der Waals surface area contributed by atoms with E-state index in [0.29, 0.717) is 34.5 Å². The van der Waals surface area contributed by atoms with E-state index in [1.807, 2.05) is 0 Å². The molecule has 0 aromatic heterocycles. The molecule has 4 nitrogen and oxygen atoms in total. The maximum absolute atomic E-state index is 10.9. The van der Waals surface area contributed by atoms with Crippen LogP contribution in [0.4, 0.5) is 0 Å². The third kappa shape index (κ3) is 5.20. The van der Waals surface area contributed by atoms with E-state index < -0.39 is 11.9 Å². The molecule has 8 rings (SSSR count). The van der Waals surface area contributed by atoms with Gasteiger partial charge in [-0.1, -0.05) is 38.5 Å². The van der Waals surface area contributed by atoms with E-state index in [2.05, 4.69) is 0 Å².